The largest absolute Gasteiger partial charge is 0.355 e. The van der Waals surface area contributed by atoms with Crippen molar-refractivity contribution in [2.75, 3.05) is 27.3 Å². The Kier molecular flexibility index (Phi) is 6.17. The van der Waals surface area contributed by atoms with Gasteiger partial charge in [-0.15, -0.1) is 0 Å². The van der Waals surface area contributed by atoms with Crippen LogP contribution in [0.25, 0.3) is 0 Å². The summed E-state index contributed by atoms with van der Waals surface area (Å²) in [4.78, 5) is 0. The number of nitrogens with one attached hydrogen (secondary N) is 2. The monoisotopic (exact) mass is 212 g/mol. The van der Waals surface area contributed by atoms with Crippen molar-refractivity contribution in [2.45, 2.75) is 13.2 Å². The van der Waals surface area contributed by atoms with E-state index >= 15 is 0 Å². The third kappa shape index (κ3) is 5.94. The highest BCUT2D eigenvalue weighted by atomic mass is 32.2. The van der Waals surface area contributed by atoms with Gasteiger partial charge in [0.05, 0.1) is 6.54 Å². The van der Waals surface area contributed by atoms with Crippen LogP contribution in [-0.2, 0) is 19.7 Å². The van der Waals surface area contributed by atoms with E-state index in [9.17, 15) is 8.42 Å². The van der Waals surface area contributed by atoms with Crippen molar-refractivity contribution in [3.63, 3.8) is 0 Å². The Morgan fingerprint density at radius 3 is 2.15 bits per heavy atom. The lowest BCUT2D eigenvalue weighted by Gasteiger charge is -2.13. The Hall–Kier alpha value is -0.210. The molecule has 13 heavy (non-hydrogen) atoms. The Labute approximate surface area is 78.8 Å². The molecule has 2 N–H and O–H groups in total. The predicted octanol–water partition coefficient (Wildman–Crippen LogP) is -0.951. The zero-order chi connectivity index (χ0) is 10.3. The second-order valence-electron chi connectivity index (χ2n) is 2.25. The topological polar surface area (TPSA) is 76.7 Å². The number of ether oxygens (including phenoxy) is 2. The van der Waals surface area contributed by atoms with Crippen molar-refractivity contribution in [3.05, 3.63) is 0 Å². The van der Waals surface area contributed by atoms with Gasteiger partial charge in [0.25, 0.3) is 10.2 Å². The van der Waals surface area contributed by atoms with E-state index in [0.717, 1.165) is 0 Å². The summed E-state index contributed by atoms with van der Waals surface area (Å²) in [5, 5.41) is 0. The minimum Gasteiger partial charge on any atom is -0.355 e. The molecule has 0 aliphatic carbocycles. The SMILES string of the molecule is CCNS(=O)(=O)NCC(OC)OC. The molecule has 0 aliphatic rings. The minimum absolute atomic E-state index is 0.0856. The molecule has 0 amide bonds. The van der Waals surface area contributed by atoms with Gasteiger partial charge in [-0.1, -0.05) is 6.92 Å². The van der Waals surface area contributed by atoms with Gasteiger partial charge >= 0.3 is 0 Å². The van der Waals surface area contributed by atoms with Gasteiger partial charge in [-0.05, 0) is 0 Å². The molecule has 0 bridgehead atoms. The van der Waals surface area contributed by atoms with Crippen LogP contribution in [0.15, 0.2) is 0 Å². The first-order chi connectivity index (χ1) is 6.05. The molecule has 0 aromatic carbocycles. The fourth-order valence-corrected chi connectivity index (χ4v) is 1.52. The van der Waals surface area contributed by atoms with Gasteiger partial charge in [0, 0.05) is 20.8 Å². The van der Waals surface area contributed by atoms with E-state index in [0.29, 0.717) is 6.54 Å². The molecule has 0 fully saturated rings. The maximum atomic E-state index is 11.0. The average molecular weight is 212 g/mol. The quantitative estimate of drug-likeness (QED) is 0.533. The molecular formula is C6H16N2O4S. The van der Waals surface area contributed by atoms with Crippen molar-refractivity contribution < 1.29 is 17.9 Å². The maximum Gasteiger partial charge on any atom is 0.277 e. The van der Waals surface area contributed by atoms with Gasteiger partial charge in [0.1, 0.15) is 0 Å². The van der Waals surface area contributed by atoms with Crippen LogP contribution in [0.4, 0.5) is 0 Å². The minimum atomic E-state index is -3.41. The third-order valence-corrected chi connectivity index (χ3v) is 2.52. The van der Waals surface area contributed by atoms with Gasteiger partial charge in [0.15, 0.2) is 6.29 Å². The Bertz CT molecular complexity index is 213. The van der Waals surface area contributed by atoms with Crippen molar-refractivity contribution in [3.8, 4) is 0 Å². The Balaban J connectivity index is 3.86. The molecule has 6 nitrogen and oxygen atoms in total. The number of rotatable bonds is 7. The van der Waals surface area contributed by atoms with Crippen LogP contribution in [0.2, 0.25) is 0 Å². The average Bonchev–Trinajstić information content (AvgIpc) is 2.06. The first-order valence-electron chi connectivity index (χ1n) is 3.85. The molecule has 0 aromatic rings. The summed E-state index contributed by atoms with van der Waals surface area (Å²) < 4.78 is 36.2. The summed E-state index contributed by atoms with van der Waals surface area (Å²) in [5.74, 6) is 0. The molecular weight excluding hydrogens is 196 g/mol. The predicted molar refractivity (Wildman–Crippen MR) is 48.4 cm³/mol. The highest BCUT2D eigenvalue weighted by Gasteiger charge is 2.11. The van der Waals surface area contributed by atoms with Crippen LogP contribution in [0.3, 0.4) is 0 Å². The Morgan fingerprint density at radius 2 is 1.77 bits per heavy atom. The van der Waals surface area contributed by atoms with Crippen molar-refractivity contribution in [1.29, 1.82) is 0 Å². The van der Waals surface area contributed by atoms with Crippen molar-refractivity contribution in [1.82, 2.24) is 9.44 Å². The first-order valence-corrected chi connectivity index (χ1v) is 5.34. The van der Waals surface area contributed by atoms with Crippen LogP contribution in [0, 0.1) is 0 Å². The van der Waals surface area contributed by atoms with Crippen LogP contribution >= 0.6 is 0 Å². The third-order valence-electron chi connectivity index (χ3n) is 1.30. The molecule has 0 saturated heterocycles. The molecule has 0 saturated carbocycles. The molecule has 0 spiro atoms. The second-order valence-corrected chi connectivity index (χ2v) is 3.83. The highest BCUT2D eigenvalue weighted by molar-refractivity contribution is 7.87. The molecule has 80 valence electrons. The van der Waals surface area contributed by atoms with Crippen LogP contribution in [0.5, 0.6) is 0 Å². The van der Waals surface area contributed by atoms with Crippen molar-refractivity contribution in [2.24, 2.45) is 0 Å². The van der Waals surface area contributed by atoms with Gasteiger partial charge in [0.2, 0.25) is 0 Å². The number of methoxy groups -OCH3 is 2. The molecule has 0 radical (unpaired) electrons. The maximum absolute atomic E-state index is 11.0. The Morgan fingerprint density at radius 1 is 1.23 bits per heavy atom. The summed E-state index contributed by atoms with van der Waals surface area (Å²) in [7, 11) is -0.527. The number of hydrogen-bond donors (Lipinski definition) is 2. The smallest absolute Gasteiger partial charge is 0.277 e. The fourth-order valence-electron chi connectivity index (χ4n) is 0.682. The van der Waals surface area contributed by atoms with E-state index in [-0.39, 0.29) is 6.54 Å². The van der Waals surface area contributed by atoms with Gasteiger partial charge in [-0.25, -0.2) is 4.72 Å². The van der Waals surface area contributed by atoms with E-state index in [1.165, 1.54) is 14.2 Å². The molecule has 7 heteroatoms. The van der Waals surface area contributed by atoms with Gasteiger partial charge in [-0.3, -0.25) is 0 Å². The molecule has 0 aromatic heterocycles. The van der Waals surface area contributed by atoms with E-state index in [1.807, 2.05) is 0 Å². The van der Waals surface area contributed by atoms with E-state index in [4.69, 9.17) is 9.47 Å². The second kappa shape index (κ2) is 6.28. The van der Waals surface area contributed by atoms with Gasteiger partial charge in [-0.2, -0.15) is 13.1 Å². The van der Waals surface area contributed by atoms with Crippen LogP contribution < -0.4 is 9.44 Å². The van der Waals surface area contributed by atoms with E-state index in [1.54, 1.807) is 6.92 Å². The molecule has 0 unspecified atom stereocenters. The van der Waals surface area contributed by atoms with Gasteiger partial charge < -0.3 is 9.47 Å². The number of hydrogen-bond acceptors (Lipinski definition) is 4. The van der Waals surface area contributed by atoms with E-state index < -0.39 is 16.5 Å². The first kappa shape index (κ1) is 12.8. The summed E-state index contributed by atoms with van der Waals surface area (Å²) >= 11 is 0. The summed E-state index contributed by atoms with van der Waals surface area (Å²) in [6.07, 6.45) is -0.562. The molecule has 0 heterocycles. The summed E-state index contributed by atoms with van der Waals surface area (Å²) in [6.45, 7) is 2.13. The lowest BCUT2D eigenvalue weighted by Crippen LogP contribution is -2.41. The molecule has 0 aliphatic heterocycles. The van der Waals surface area contributed by atoms with E-state index in [2.05, 4.69) is 9.44 Å². The molecule has 0 atom stereocenters. The standard InChI is InChI=1S/C6H16N2O4S/c1-4-7-13(9,10)8-5-6(11-2)12-3/h6-8H,4-5H2,1-3H3. The zero-order valence-corrected chi connectivity index (χ0v) is 8.85. The van der Waals surface area contributed by atoms with Crippen molar-refractivity contribution >= 4 is 10.2 Å². The van der Waals surface area contributed by atoms with Crippen LogP contribution in [0.1, 0.15) is 6.92 Å². The summed E-state index contributed by atoms with van der Waals surface area (Å²) in [6, 6.07) is 0. The zero-order valence-electron chi connectivity index (χ0n) is 8.03. The molecule has 0 rings (SSSR count). The normalized spacial score (nSPS) is 12.3. The fraction of sp³-hybridized carbons (Fsp3) is 1.00. The lowest BCUT2D eigenvalue weighted by atomic mass is 10.6. The lowest BCUT2D eigenvalue weighted by molar-refractivity contribution is -0.0961. The highest BCUT2D eigenvalue weighted by Crippen LogP contribution is 1.88. The van der Waals surface area contributed by atoms with Crippen LogP contribution in [-0.4, -0.2) is 42.0 Å². The summed E-state index contributed by atoms with van der Waals surface area (Å²) in [5.41, 5.74) is 0.